The summed E-state index contributed by atoms with van der Waals surface area (Å²) in [5.74, 6) is 0. The Morgan fingerprint density at radius 1 is 1.31 bits per heavy atom. The third-order valence-corrected chi connectivity index (χ3v) is 2.50. The molecule has 0 bridgehead atoms. The first kappa shape index (κ1) is 15.0. The second-order valence-electron chi connectivity index (χ2n) is 2.85. The number of hydrogen-bond acceptors (Lipinski definition) is 3. The molecule has 0 radical (unpaired) electrons. The first-order valence-corrected chi connectivity index (χ1v) is 6.00. The van der Waals surface area contributed by atoms with E-state index in [0.717, 1.165) is 0 Å². The normalized spacial score (nSPS) is 14.4. The lowest BCUT2D eigenvalue weighted by molar-refractivity contribution is -0.0515. The summed E-state index contributed by atoms with van der Waals surface area (Å²) in [6.07, 6.45) is 4.90. The third-order valence-electron chi connectivity index (χ3n) is 1.59. The smallest absolute Gasteiger partial charge is 0.384 e. The van der Waals surface area contributed by atoms with E-state index in [9.17, 15) is 21.6 Å². The molecule has 94 valence electrons. The van der Waals surface area contributed by atoms with E-state index in [2.05, 4.69) is 4.18 Å². The highest BCUT2D eigenvalue weighted by Crippen LogP contribution is 2.25. The maximum atomic E-state index is 11.9. The first-order valence-electron chi connectivity index (χ1n) is 4.59. The van der Waals surface area contributed by atoms with Gasteiger partial charge in [-0.2, -0.15) is 21.6 Å². The molecule has 0 aromatic heterocycles. The molecule has 16 heavy (non-hydrogen) atoms. The first-order chi connectivity index (χ1) is 7.24. The van der Waals surface area contributed by atoms with E-state index in [1.807, 2.05) is 6.92 Å². The summed E-state index contributed by atoms with van der Waals surface area (Å²) in [6, 6.07) is 0. The van der Waals surface area contributed by atoms with Crippen LogP contribution in [0.3, 0.4) is 0 Å². The molecular formula is C9H13F3O3S. The van der Waals surface area contributed by atoms with Crippen LogP contribution in [0.15, 0.2) is 24.0 Å². The van der Waals surface area contributed by atoms with Gasteiger partial charge in [-0.15, -0.1) is 0 Å². The summed E-state index contributed by atoms with van der Waals surface area (Å²) in [5.41, 5.74) is -5.02. The molecule has 0 heterocycles. The number of alkyl halides is 3. The van der Waals surface area contributed by atoms with Crippen LogP contribution in [0, 0.1) is 0 Å². The van der Waals surface area contributed by atoms with E-state index in [-0.39, 0.29) is 0 Å². The SMILES string of the molecule is CC/C=C/C(=C/OS(=O)(=O)C(F)(F)F)CC. The average Bonchev–Trinajstić information content (AvgIpc) is 2.16. The standard InChI is InChI=1S/C9H13F3O3S/c1-3-5-6-8(4-2)7-15-16(13,14)9(10,11)12/h5-7H,3-4H2,1-2H3/b6-5+,8-7+. The highest BCUT2D eigenvalue weighted by atomic mass is 32.2. The average molecular weight is 258 g/mol. The molecule has 0 aliphatic heterocycles. The highest BCUT2D eigenvalue weighted by molar-refractivity contribution is 7.87. The van der Waals surface area contributed by atoms with E-state index in [0.29, 0.717) is 24.7 Å². The number of allylic oxidation sites excluding steroid dienone is 3. The molecule has 7 heteroatoms. The van der Waals surface area contributed by atoms with Crippen molar-refractivity contribution in [1.29, 1.82) is 0 Å². The van der Waals surface area contributed by atoms with Crippen LogP contribution in [-0.4, -0.2) is 13.9 Å². The summed E-state index contributed by atoms with van der Waals surface area (Å²) >= 11 is 0. The van der Waals surface area contributed by atoms with Gasteiger partial charge in [-0.05, 0) is 18.4 Å². The molecule has 0 amide bonds. The maximum Gasteiger partial charge on any atom is 0.534 e. The summed E-state index contributed by atoms with van der Waals surface area (Å²) < 4.78 is 60.5. The molecule has 3 nitrogen and oxygen atoms in total. The Labute approximate surface area is 92.7 Å². The fourth-order valence-electron chi connectivity index (χ4n) is 0.689. The van der Waals surface area contributed by atoms with E-state index >= 15 is 0 Å². The van der Waals surface area contributed by atoms with Crippen LogP contribution < -0.4 is 0 Å². The van der Waals surface area contributed by atoms with Gasteiger partial charge in [-0.3, -0.25) is 0 Å². The van der Waals surface area contributed by atoms with Crippen LogP contribution in [0.2, 0.25) is 0 Å². The molecule has 0 fully saturated rings. The summed E-state index contributed by atoms with van der Waals surface area (Å²) in [5, 5.41) is 0. The van der Waals surface area contributed by atoms with Crippen LogP contribution >= 0.6 is 0 Å². The van der Waals surface area contributed by atoms with Crippen LogP contribution in [0.25, 0.3) is 0 Å². The Hall–Kier alpha value is -0.980. The van der Waals surface area contributed by atoms with Crippen molar-refractivity contribution in [2.45, 2.75) is 32.2 Å². The van der Waals surface area contributed by atoms with Crippen molar-refractivity contribution < 1.29 is 25.8 Å². The topological polar surface area (TPSA) is 43.4 Å². The van der Waals surface area contributed by atoms with Crippen molar-refractivity contribution in [3.63, 3.8) is 0 Å². The van der Waals surface area contributed by atoms with Gasteiger partial charge in [0.25, 0.3) is 0 Å². The lowest BCUT2D eigenvalue weighted by atomic mass is 10.2. The Balaban J connectivity index is 4.75. The van der Waals surface area contributed by atoms with Gasteiger partial charge >= 0.3 is 15.6 Å². The molecule has 0 aromatic rings. The minimum absolute atomic E-state index is 0.370. The largest absolute Gasteiger partial charge is 0.534 e. The van der Waals surface area contributed by atoms with Gasteiger partial charge in [0, 0.05) is 0 Å². The summed E-state index contributed by atoms with van der Waals surface area (Å²) in [6.45, 7) is 3.52. The van der Waals surface area contributed by atoms with Gasteiger partial charge in [0.2, 0.25) is 0 Å². The van der Waals surface area contributed by atoms with Gasteiger partial charge in [-0.25, -0.2) is 0 Å². The quantitative estimate of drug-likeness (QED) is 0.329. The molecule has 0 aromatic carbocycles. The predicted octanol–water partition coefficient (Wildman–Crippen LogP) is 3.11. The summed E-state index contributed by atoms with van der Waals surface area (Å²) in [4.78, 5) is 0. The van der Waals surface area contributed by atoms with E-state index in [1.54, 1.807) is 13.0 Å². The lowest BCUT2D eigenvalue weighted by Crippen LogP contribution is -2.23. The third kappa shape index (κ3) is 4.69. The van der Waals surface area contributed by atoms with Gasteiger partial charge in [-0.1, -0.05) is 26.0 Å². The molecule has 0 N–H and O–H groups in total. The van der Waals surface area contributed by atoms with Crippen LogP contribution in [0.4, 0.5) is 13.2 Å². The van der Waals surface area contributed by atoms with E-state index < -0.39 is 15.6 Å². The van der Waals surface area contributed by atoms with Crippen molar-refractivity contribution in [2.75, 3.05) is 0 Å². The molecule has 0 saturated carbocycles. The number of hydrogen-bond donors (Lipinski definition) is 0. The molecule has 0 aliphatic carbocycles. The zero-order valence-corrected chi connectivity index (χ0v) is 9.73. The van der Waals surface area contributed by atoms with E-state index in [1.165, 1.54) is 6.08 Å². The predicted molar refractivity (Wildman–Crippen MR) is 53.9 cm³/mol. The van der Waals surface area contributed by atoms with Crippen LogP contribution in [0.5, 0.6) is 0 Å². The zero-order chi connectivity index (χ0) is 12.8. The fraction of sp³-hybridized carbons (Fsp3) is 0.556. The van der Waals surface area contributed by atoms with Gasteiger partial charge in [0.15, 0.2) is 0 Å². The molecule has 0 unspecified atom stereocenters. The Kier molecular flexibility index (Phi) is 5.57. The van der Waals surface area contributed by atoms with Crippen molar-refractivity contribution in [1.82, 2.24) is 0 Å². The minimum Gasteiger partial charge on any atom is -0.384 e. The van der Waals surface area contributed by atoms with Crippen molar-refractivity contribution >= 4 is 10.1 Å². The monoisotopic (exact) mass is 258 g/mol. The number of halogens is 3. The van der Waals surface area contributed by atoms with Crippen LogP contribution in [0.1, 0.15) is 26.7 Å². The van der Waals surface area contributed by atoms with Gasteiger partial charge < -0.3 is 4.18 Å². The Morgan fingerprint density at radius 3 is 2.25 bits per heavy atom. The molecule has 0 saturated heterocycles. The summed E-state index contributed by atoms with van der Waals surface area (Å²) in [7, 11) is -5.54. The van der Waals surface area contributed by atoms with Crippen molar-refractivity contribution in [3.05, 3.63) is 24.0 Å². The fourth-order valence-corrected chi connectivity index (χ4v) is 1.05. The molecule has 0 rings (SSSR count). The van der Waals surface area contributed by atoms with Gasteiger partial charge in [0.05, 0.1) is 0 Å². The Morgan fingerprint density at radius 2 is 1.88 bits per heavy atom. The van der Waals surface area contributed by atoms with E-state index in [4.69, 9.17) is 0 Å². The van der Waals surface area contributed by atoms with Gasteiger partial charge in [0.1, 0.15) is 6.26 Å². The minimum atomic E-state index is -5.54. The molecule has 0 aliphatic rings. The van der Waals surface area contributed by atoms with Crippen molar-refractivity contribution in [3.8, 4) is 0 Å². The zero-order valence-electron chi connectivity index (χ0n) is 8.91. The molecular weight excluding hydrogens is 245 g/mol. The second-order valence-corrected chi connectivity index (χ2v) is 4.42. The highest BCUT2D eigenvalue weighted by Gasteiger charge is 2.47. The Bertz CT molecular complexity index is 366. The number of rotatable bonds is 5. The lowest BCUT2D eigenvalue weighted by Gasteiger charge is -2.06. The van der Waals surface area contributed by atoms with Crippen molar-refractivity contribution in [2.24, 2.45) is 0 Å². The molecule has 0 spiro atoms. The maximum absolute atomic E-state index is 11.9. The molecule has 0 atom stereocenters. The second kappa shape index (κ2) is 5.93. The van der Waals surface area contributed by atoms with Crippen LogP contribution in [-0.2, 0) is 14.3 Å².